The van der Waals surface area contributed by atoms with E-state index in [1.807, 2.05) is 0 Å². The predicted molar refractivity (Wildman–Crippen MR) is 82.7 cm³/mol. The summed E-state index contributed by atoms with van der Waals surface area (Å²) in [6.45, 7) is 0. The fraction of sp³-hybridized carbons (Fsp3) is 0.133. The van der Waals surface area contributed by atoms with Crippen LogP contribution in [0.2, 0.25) is 0 Å². The van der Waals surface area contributed by atoms with Gasteiger partial charge in [0.15, 0.2) is 9.84 Å². The second kappa shape index (κ2) is 5.97. The van der Waals surface area contributed by atoms with Crippen molar-refractivity contribution in [2.24, 2.45) is 0 Å². The van der Waals surface area contributed by atoms with E-state index in [0.29, 0.717) is 11.4 Å². The van der Waals surface area contributed by atoms with E-state index in [0.717, 1.165) is 11.8 Å². The number of carbonyl (C=O) groups is 1. The maximum Gasteiger partial charge on any atom is 0.228 e. The van der Waals surface area contributed by atoms with Crippen molar-refractivity contribution in [3.8, 4) is 0 Å². The molecule has 6 heteroatoms. The van der Waals surface area contributed by atoms with Gasteiger partial charge in [-0.3, -0.25) is 4.79 Å². The summed E-state index contributed by atoms with van der Waals surface area (Å²) in [4.78, 5) is 12.1. The molecule has 0 spiro atoms. The van der Waals surface area contributed by atoms with E-state index >= 15 is 0 Å². The summed E-state index contributed by atoms with van der Waals surface area (Å²) in [5, 5.41) is 2.72. The number of nitrogens with two attached hydrogens (primary N) is 1. The summed E-state index contributed by atoms with van der Waals surface area (Å²) < 4.78 is 22.7. The highest BCUT2D eigenvalue weighted by Gasteiger charge is 2.08. The lowest BCUT2D eigenvalue weighted by Gasteiger charge is -2.06. The Kier molecular flexibility index (Phi) is 4.28. The predicted octanol–water partition coefficient (Wildman–Crippen LogP) is 1.85. The Morgan fingerprint density at radius 3 is 2.14 bits per heavy atom. The van der Waals surface area contributed by atoms with E-state index in [1.54, 1.807) is 36.4 Å². The first-order chi connectivity index (χ1) is 9.84. The normalized spacial score (nSPS) is 11.1. The van der Waals surface area contributed by atoms with Crippen LogP contribution >= 0.6 is 0 Å². The van der Waals surface area contributed by atoms with Crippen molar-refractivity contribution in [2.45, 2.75) is 11.3 Å². The number of nitrogens with one attached hydrogen (secondary N) is 1. The number of carbonyl (C=O) groups excluding carboxylic acids is 1. The number of sulfone groups is 1. The number of hydrogen-bond acceptors (Lipinski definition) is 4. The van der Waals surface area contributed by atoms with Gasteiger partial charge in [-0.05, 0) is 42.0 Å². The zero-order valence-corrected chi connectivity index (χ0v) is 12.4. The van der Waals surface area contributed by atoms with Crippen molar-refractivity contribution in [3.05, 3.63) is 54.1 Å². The van der Waals surface area contributed by atoms with Gasteiger partial charge in [0.2, 0.25) is 5.91 Å². The fourth-order valence-electron chi connectivity index (χ4n) is 1.81. The van der Waals surface area contributed by atoms with Crippen molar-refractivity contribution in [1.82, 2.24) is 0 Å². The minimum atomic E-state index is -3.23. The van der Waals surface area contributed by atoms with Gasteiger partial charge in [-0.2, -0.15) is 0 Å². The van der Waals surface area contributed by atoms with Crippen molar-refractivity contribution in [1.29, 1.82) is 0 Å². The summed E-state index contributed by atoms with van der Waals surface area (Å²) in [7, 11) is -3.23. The molecule has 0 atom stereocenters. The van der Waals surface area contributed by atoms with Gasteiger partial charge in [-0.25, -0.2) is 8.42 Å². The third-order valence-corrected chi connectivity index (χ3v) is 4.04. The summed E-state index contributed by atoms with van der Waals surface area (Å²) in [5.41, 5.74) is 7.64. The lowest BCUT2D eigenvalue weighted by atomic mass is 10.1. The molecule has 0 aliphatic rings. The Labute approximate surface area is 123 Å². The molecule has 110 valence electrons. The molecule has 2 rings (SSSR count). The Morgan fingerprint density at radius 2 is 1.62 bits per heavy atom. The van der Waals surface area contributed by atoms with Gasteiger partial charge >= 0.3 is 0 Å². The van der Waals surface area contributed by atoms with Crippen LogP contribution in [0.5, 0.6) is 0 Å². The van der Waals surface area contributed by atoms with Crippen LogP contribution in [0.1, 0.15) is 5.56 Å². The number of hydrogen-bond donors (Lipinski definition) is 2. The Morgan fingerprint density at radius 1 is 1.05 bits per heavy atom. The Balaban J connectivity index is 2.01. The van der Waals surface area contributed by atoms with E-state index in [4.69, 9.17) is 5.73 Å². The molecule has 2 aromatic carbocycles. The van der Waals surface area contributed by atoms with E-state index < -0.39 is 9.84 Å². The molecule has 5 nitrogen and oxygen atoms in total. The minimum Gasteiger partial charge on any atom is -0.399 e. The number of amides is 1. The van der Waals surface area contributed by atoms with Crippen molar-refractivity contribution < 1.29 is 13.2 Å². The van der Waals surface area contributed by atoms with E-state index in [2.05, 4.69) is 5.32 Å². The maximum atomic E-state index is 11.9. The zero-order chi connectivity index (χ0) is 15.5. The Bertz CT molecular complexity index is 735. The highest BCUT2D eigenvalue weighted by atomic mass is 32.2. The summed E-state index contributed by atoms with van der Waals surface area (Å²) in [6, 6.07) is 13.1. The van der Waals surface area contributed by atoms with Crippen LogP contribution in [0.25, 0.3) is 0 Å². The third-order valence-electron chi connectivity index (χ3n) is 2.91. The second-order valence-corrected chi connectivity index (χ2v) is 6.78. The van der Waals surface area contributed by atoms with Crippen LogP contribution in [0, 0.1) is 0 Å². The molecule has 0 heterocycles. The molecule has 0 bridgehead atoms. The van der Waals surface area contributed by atoms with Crippen LogP contribution in [0.4, 0.5) is 11.4 Å². The summed E-state index contributed by atoms with van der Waals surface area (Å²) in [6.07, 6.45) is 1.37. The van der Waals surface area contributed by atoms with Crippen LogP contribution in [0.15, 0.2) is 53.4 Å². The molecule has 0 aromatic heterocycles. The zero-order valence-electron chi connectivity index (χ0n) is 11.5. The maximum absolute atomic E-state index is 11.9. The second-order valence-electron chi connectivity index (χ2n) is 4.76. The lowest BCUT2D eigenvalue weighted by molar-refractivity contribution is -0.115. The average molecular weight is 304 g/mol. The minimum absolute atomic E-state index is 0.174. The van der Waals surface area contributed by atoms with Gasteiger partial charge < -0.3 is 11.1 Å². The molecular weight excluding hydrogens is 288 g/mol. The number of nitrogen functional groups attached to an aromatic ring is 1. The van der Waals surface area contributed by atoms with Crippen molar-refractivity contribution >= 4 is 27.1 Å². The fourth-order valence-corrected chi connectivity index (χ4v) is 2.44. The Hall–Kier alpha value is -2.34. The summed E-state index contributed by atoms with van der Waals surface area (Å²) in [5.74, 6) is -0.174. The monoisotopic (exact) mass is 304 g/mol. The molecule has 0 fully saturated rings. The van der Waals surface area contributed by atoms with E-state index in [9.17, 15) is 13.2 Å². The van der Waals surface area contributed by atoms with Crippen LogP contribution in [-0.2, 0) is 21.1 Å². The lowest BCUT2D eigenvalue weighted by Crippen LogP contribution is -2.14. The standard InChI is InChI=1S/C15H16N2O3S/c1-21(19,20)14-8-6-13(7-9-14)17-15(18)10-11-2-4-12(16)5-3-11/h2-9H,10,16H2,1H3,(H,17,18). The highest BCUT2D eigenvalue weighted by Crippen LogP contribution is 2.14. The first-order valence-corrected chi connectivity index (χ1v) is 8.18. The molecule has 21 heavy (non-hydrogen) atoms. The molecule has 0 aliphatic heterocycles. The van der Waals surface area contributed by atoms with Gasteiger partial charge in [-0.15, -0.1) is 0 Å². The summed E-state index contributed by atoms with van der Waals surface area (Å²) >= 11 is 0. The molecule has 0 unspecified atom stereocenters. The van der Waals surface area contributed by atoms with Gasteiger partial charge in [0, 0.05) is 17.6 Å². The van der Waals surface area contributed by atoms with Crippen LogP contribution in [0.3, 0.4) is 0 Å². The molecule has 1 amide bonds. The van der Waals surface area contributed by atoms with E-state index in [1.165, 1.54) is 12.1 Å². The molecule has 0 aliphatic carbocycles. The largest absolute Gasteiger partial charge is 0.399 e. The van der Waals surface area contributed by atoms with Crippen LogP contribution < -0.4 is 11.1 Å². The molecular formula is C15H16N2O3S. The smallest absolute Gasteiger partial charge is 0.228 e. The van der Waals surface area contributed by atoms with Gasteiger partial charge in [0.1, 0.15) is 0 Å². The van der Waals surface area contributed by atoms with Gasteiger partial charge in [-0.1, -0.05) is 12.1 Å². The first-order valence-electron chi connectivity index (χ1n) is 6.29. The molecule has 0 saturated heterocycles. The van der Waals surface area contributed by atoms with Crippen molar-refractivity contribution in [3.63, 3.8) is 0 Å². The first kappa shape index (κ1) is 15.1. The topological polar surface area (TPSA) is 89.3 Å². The highest BCUT2D eigenvalue weighted by molar-refractivity contribution is 7.90. The number of anilines is 2. The number of rotatable bonds is 4. The molecule has 3 N–H and O–H groups in total. The third kappa shape index (κ3) is 4.32. The van der Waals surface area contributed by atoms with Gasteiger partial charge in [0.05, 0.1) is 11.3 Å². The van der Waals surface area contributed by atoms with E-state index in [-0.39, 0.29) is 17.2 Å². The SMILES string of the molecule is CS(=O)(=O)c1ccc(NC(=O)Cc2ccc(N)cc2)cc1. The molecule has 0 saturated carbocycles. The quantitative estimate of drug-likeness (QED) is 0.844. The van der Waals surface area contributed by atoms with Crippen LogP contribution in [-0.4, -0.2) is 20.6 Å². The average Bonchev–Trinajstić information content (AvgIpc) is 2.41. The molecule has 2 aromatic rings. The van der Waals surface area contributed by atoms with Crippen molar-refractivity contribution in [2.75, 3.05) is 17.3 Å². The molecule has 0 radical (unpaired) electrons. The van der Waals surface area contributed by atoms with Gasteiger partial charge in [0.25, 0.3) is 0 Å². The number of benzene rings is 2.